The molecule has 2 aromatic rings. The third-order valence-electron chi connectivity index (χ3n) is 4.10. The van der Waals surface area contributed by atoms with Crippen LogP contribution in [0.2, 0.25) is 0 Å². The first-order valence-corrected chi connectivity index (χ1v) is 7.86. The molecule has 1 saturated carbocycles. The van der Waals surface area contributed by atoms with Gasteiger partial charge in [-0.1, -0.05) is 17.7 Å². The van der Waals surface area contributed by atoms with Crippen molar-refractivity contribution >= 4 is 17.3 Å². The zero-order valence-corrected chi connectivity index (χ0v) is 13.5. The van der Waals surface area contributed by atoms with E-state index in [1.807, 2.05) is 20.2 Å². The summed E-state index contributed by atoms with van der Waals surface area (Å²) in [5, 5.41) is 2.96. The van der Waals surface area contributed by atoms with Crippen LogP contribution in [0, 0.1) is 0 Å². The molecule has 3 rings (SSSR count). The van der Waals surface area contributed by atoms with Crippen LogP contribution in [0.3, 0.4) is 0 Å². The van der Waals surface area contributed by atoms with E-state index in [1.54, 1.807) is 18.5 Å². The molecule has 1 aromatic heterocycles. The molecule has 0 saturated heterocycles. The average Bonchev–Trinajstić information content (AvgIpc) is 2.52. The van der Waals surface area contributed by atoms with Gasteiger partial charge in [-0.2, -0.15) is 0 Å². The molecule has 1 aliphatic rings. The Balaban J connectivity index is 1.83. The van der Waals surface area contributed by atoms with E-state index in [1.165, 1.54) is 12.0 Å². The van der Waals surface area contributed by atoms with Gasteiger partial charge in [0.05, 0.1) is 11.9 Å². The summed E-state index contributed by atoms with van der Waals surface area (Å²) < 4.78 is 0. The molecule has 1 heterocycles. The van der Waals surface area contributed by atoms with E-state index in [0.29, 0.717) is 0 Å². The van der Waals surface area contributed by atoms with Crippen molar-refractivity contribution in [2.45, 2.75) is 19.3 Å². The van der Waals surface area contributed by atoms with Crippen molar-refractivity contribution in [3.05, 3.63) is 54.4 Å². The molecule has 4 heteroatoms. The molecule has 118 valence electrons. The maximum atomic E-state index is 12.1. The second-order valence-corrected chi connectivity index (χ2v) is 6.01. The van der Waals surface area contributed by atoms with Crippen LogP contribution >= 0.6 is 0 Å². The number of carbonyl (C=O) groups excluding carboxylic acids is 1. The molecule has 23 heavy (non-hydrogen) atoms. The van der Waals surface area contributed by atoms with Gasteiger partial charge in [0.15, 0.2) is 0 Å². The second kappa shape index (κ2) is 6.65. The highest BCUT2D eigenvalue weighted by Gasteiger charge is 2.12. The van der Waals surface area contributed by atoms with Gasteiger partial charge < -0.3 is 10.2 Å². The largest absolute Gasteiger partial charge is 0.378 e. The lowest BCUT2D eigenvalue weighted by Crippen LogP contribution is -2.12. The van der Waals surface area contributed by atoms with Crippen molar-refractivity contribution in [3.8, 4) is 11.1 Å². The van der Waals surface area contributed by atoms with Gasteiger partial charge in [-0.25, -0.2) is 0 Å². The molecule has 0 radical (unpaired) electrons. The minimum absolute atomic E-state index is 0.0705. The number of carbonyl (C=O) groups is 1. The number of aromatic nitrogens is 1. The Morgan fingerprint density at radius 1 is 1.17 bits per heavy atom. The lowest BCUT2D eigenvalue weighted by molar-refractivity contribution is -0.112. The van der Waals surface area contributed by atoms with E-state index in [4.69, 9.17) is 0 Å². The van der Waals surface area contributed by atoms with E-state index in [-0.39, 0.29) is 5.91 Å². The van der Waals surface area contributed by atoms with Gasteiger partial charge in [0.25, 0.3) is 0 Å². The van der Waals surface area contributed by atoms with Gasteiger partial charge in [0, 0.05) is 37.6 Å². The second-order valence-electron chi connectivity index (χ2n) is 6.01. The predicted molar refractivity (Wildman–Crippen MR) is 94.6 cm³/mol. The van der Waals surface area contributed by atoms with E-state index >= 15 is 0 Å². The number of nitrogens with zero attached hydrogens (tertiary/aromatic N) is 2. The third kappa shape index (κ3) is 3.59. The standard InChI is InChI=1S/C19H21N3O/c1-22(2)16-8-6-15(7-9-16)17-10-11-20-13-18(17)21-19(23)12-14-4-3-5-14/h6-13H,3-5H2,1-2H3,(H,21,23). The molecular weight excluding hydrogens is 286 g/mol. The molecule has 1 N–H and O–H groups in total. The topological polar surface area (TPSA) is 45.2 Å². The Hall–Kier alpha value is -2.62. The lowest BCUT2D eigenvalue weighted by Gasteiger charge is -2.16. The van der Waals surface area contributed by atoms with E-state index in [0.717, 1.165) is 35.3 Å². The molecule has 1 aromatic carbocycles. The monoisotopic (exact) mass is 307 g/mol. The van der Waals surface area contributed by atoms with Crippen molar-refractivity contribution in [1.29, 1.82) is 0 Å². The normalized spacial score (nSPS) is 13.2. The summed E-state index contributed by atoms with van der Waals surface area (Å²) in [5.74, 6) is -0.0705. The summed E-state index contributed by atoms with van der Waals surface area (Å²) in [6.07, 6.45) is 8.44. The number of rotatable bonds is 4. The number of pyridine rings is 1. The average molecular weight is 307 g/mol. The predicted octanol–water partition coefficient (Wildman–Crippen LogP) is 3.86. The molecule has 0 unspecified atom stereocenters. The van der Waals surface area contributed by atoms with Crippen LogP contribution in [0.25, 0.3) is 11.1 Å². The number of anilines is 2. The molecule has 0 spiro atoms. The fraction of sp³-hybridized carbons (Fsp3) is 0.263. The number of nitrogens with one attached hydrogen (secondary N) is 1. The fourth-order valence-electron chi connectivity index (χ4n) is 2.56. The number of hydrogen-bond donors (Lipinski definition) is 1. The lowest BCUT2D eigenvalue weighted by atomic mass is 9.92. The van der Waals surface area contributed by atoms with E-state index in [9.17, 15) is 4.79 Å². The fourth-order valence-corrected chi connectivity index (χ4v) is 2.56. The van der Waals surface area contributed by atoms with Crippen LogP contribution in [0.4, 0.5) is 11.4 Å². The molecule has 1 amide bonds. The summed E-state index contributed by atoms with van der Waals surface area (Å²) in [6, 6.07) is 10.2. The molecule has 0 atom stereocenters. The molecule has 1 aliphatic carbocycles. The smallest absolute Gasteiger partial charge is 0.248 e. The van der Waals surface area contributed by atoms with Gasteiger partial charge >= 0.3 is 0 Å². The Morgan fingerprint density at radius 3 is 2.52 bits per heavy atom. The minimum atomic E-state index is -0.0705. The quantitative estimate of drug-likeness (QED) is 0.872. The minimum Gasteiger partial charge on any atom is -0.378 e. The third-order valence-corrected chi connectivity index (χ3v) is 4.10. The van der Waals surface area contributed by atoms with Crippen molar-refractivity contribution in [1.82, 2.24) is 4.98 Å². The highest BCUT2D eigenvalue weighted by atomic mass is 16.1. The highest BCUT2D eigenvalue weighted by Crippen LogP contribution is 2.29. The number of hydrogen-bond acceptors (Lipinski definition) is 3. The Kier molecular flexibility index (Phi) is 4.42. The SMILES string of the molecule is CN(C)c1ccc(-c2ccncc2NC(=O)C=C2CCC2)cc1. The van der Waals surface area contributed by atoms with E-state index < -0.39 is 0 Å². The molecule has 4 nitrogen and oxygen atoms in total. The van der Waals surface area contributed by atoms with E-state index in [2.05, 4.69) is 39.5 Å². The Morgan fingerprint density at radius 2 is 1.91 bits per heavy atom. The maximum Gasteiger partial charge on any atom is 0.248 e. The molecule has 0 aliphatic heterocycles. The van der Waals surface area contributed by atoms with Gasteiger partial charge in [-0.3, -0.25) is 9.78 Å². The Bertz CT molecular complexity index is 727. The summed E-state index contributed by atoms with van der Waals surface area (Å²) in [7, 11) is 4.03. The van der Waals surface area contributed by atoms with Crippen molar-refractivity contribution < 1.29 is 4.79 Å². The van der Waals surface area contributed by atoms with Gasteiger partial charge in [-0.05, 0) is 43.0 Å². The van der Waals surface area contributed by atoms with Gasteiger partial charge in [0.1, 0.15) is 0 Å². The summed E-state index contributed by atoms with van der Waals surface area (Å²) in [5.41, 5.74) is 5.15. The number of amides is 1. The first-order valence-electron chi connectivity index (χ1n) is 7.86. The van der Waals surface area contributed by atoms with Gasteiger partial charge in [0.2, 0.25) is 5.91 Å². The van der Waals surface area contributed by atoms with Crippen LogP contribution in [0.15, 0.2) is 54.4 Å². The summed E-state index contributed by atoms with van der Waals surface area (Å²) in [6.45, 7) is 0. The van der Waals surface area contributed by atoms with Crippen LogP contribution in [0.1, 0.15) is 19.3 Å². The summed E-state index contributed by atoms with van der Waals surface area (Å²) in [4.78, 5) is 18.3. The molecule has 0 bridgehead atoms. The van der Waals surface area contributed by atoms with Crippen LogP contribution in [0.5, 0.6) is 0 Å². The molecular formula is C19H21N3O. The van der Waals surface area contributed by atoms with Crippen LogP contribution < -0.4 is 10.2 Å². The first kappa shape index (κ1) is 15.3. The first-order chi connectivity index (χ1) is 11.1. The number of allylic oxidation sites excluding steroid dienone is 1. The zero-order valence-electron chi connectivity index (χ0n) is 13.5. The van der Waals surface area contributed by atoms with Crippen molar-refractivity contribution in [3.63, 3.8) is 0 Å². The van der Waals surface area contributed by atoms with Crippen molar-refractivity contribution in [2.24, 2.45) is 0 Å². The van der Waals surface area contributed by atoms with Gasteiger partial charge in [-0.15, -0.1) is 0 Å². The molecule has 1 fully saturated rings. The number of benzene rings is 1. The maximum absolute atomic E-state index is 12.1. The highest BCUT2D eigenvalue weighted by molar-refractivity contribution is 6.02. The van der Waals surface area contributed by atoms with Crippen LogP contribution in [-0.4, -0.2) is 25.0 Å². The van der Waals surface area contributed by atoms with Crippen LogP contribution in [-0.2, 0) is 4.79 Å². The zero-order chi connectivity index (χ0) is 16.2. The summed E-state index contributed by atoms with van der Waals surface area (Å²) >= 11 is 0. The Labute approximate surface area is 136 Å². The van der Waals surface area contributed by atoms with Crippen molar-refractivity contribution in [2.75, 3.05) is 24.3 Å².